The van der Waals surface area contributed by atoms with E-state index in [0.717, 1.165) is 10.1 Å². The van der Waals surface area contributed by atoms with Crippen LogP contribution in [0.15, 0.2) is 18.3 Å². The molecule has 0 bridgehead atoms. The summed E-state index contributed by atoms with van der Waals surface area (Å²) >= 11 is 0. The maximum absolute atomic E-state index is 11.7. The number of nitrogens with one attached hydrogen (secondary N) is 2. The Morgan fingerprint density at radius 3 is 2.33 bits per heavy atom. The normalized spacial score (nSPS) is 17.5. The Morgan fingerprint density at radius 2 is 1.81 bits per heavy atom. The maximum atomic E-state index is 11.7. The van der Waals surface area contributed by atoms with Crippen molar-refractivity contribution >= 4 is 21.7 Å². The van der Waals surface area contributed by atoms with Crippen LogP contribution >= 0.6 is 0 Å². The van der Waals surface area contributed by atoms with Crippen molar-refractivity contribution in [1.82, 2.24) is 9.29 Å². The van der Waals surface area contributed by atoms with E-state index in [1.165, 1.54) is 52.6 Å². The SMILES string of the molecule is CN(C)S(=O)(=O)Nc1ccc(NC2CCCCCC2)nc1. The second kappa shape index (κ2) is 7.09. The third-order valence-corrected chi connectivity index (χ3v) is 5.15. The second-order valence-corrected chi connectivity index (χ2v) is 7.54. The average molecular weight is 312 g/mol. The predicted molar refractivity (Wildman–Crippen MR) is 85.6 cm³/mol. The van der Waals surface area contributed by atoms with Crippen LogP contribution in [0.1, 0.15) is 38.5 Å². The van der Waals surface area contributed by atoms with E-state index >= 15 is 0 Å². The van der Waals surface area contributed by atoms with Gasteiger partial charge in [-0.05, 0) is 25.0 Å². The summed E-state index contributed by atoms with van der Waals surface area (Å²) in [5.41, 5.74) is 0.468. The highest BCUT2D eigenvalue weighted by molar-refractivity contribution is 7.90. The van der Waals surface area contributed by atoms with Gasteiger partial charge in [-0.2, -0.15) is 12.7 Å². The smallest absolute Gasteiger partial charge is 0.301 e. The van der Waals surface area contributed by atoms with Crippen LogP contribution in [0.3, 0.4) is 0 Å². The Morgan fingerprint density at radius 1 is 1.14 bits per heavy atom. The predicted octanol–water partition coefficient (Wildman–Crippen LogP) is 2.43. The van der Waals surface area contributed by atoms with E-state index < -0.39 is 10.2 Å². The molecular weight excluding hydrogens is 288 g/mol. The van der Waals surface area contributed by atoms with Gasteiger partial charge in [-0.25, -0.2) is 4.98 Å². The molecule has 2 rings (SSSR count). The third-order valence-electron chi connectivity index (χ3n) is 3.70. The molecule has 0 atom stereocenters. The lowest BCUT2D eigenvalue weighted by Gasteiger charge is -2.17. The standard InChI is InChI=1S/C14H24N4O2S/c1-18(2)21(19,20)17-13-9-10-14(15-11-13)16-12-7-5-3-4-6-8-12/h9-12,17H,3-8H2,1-2H3,(H,15,16). The lowest BCUT2D eigenvalue weighted by molar-refractivity contribution is 0.527. The fraction of sp³-hybridized carbons (Fsp3) is 0.643. The molecule has 0 aromatic carbocycles. The van der Waals surface area contributed by atoms with Crippen molar-refractivity contribution in [2.45, 2.75) is 44.6 Å². The molecule has 21 heavy (non-hydrogen) atoms. The quantitative estimate of drug-likeness (QED) is 0.819. The lowest BCUT2D eigenvalue weighted by atomic mass is 10.1. The summed E-state index contributed by atoms with van der Waals surface area (Å²) in [4.78, 5) is 4.29. The van der Waals surface area contributed by atoms with Crippen molar-refractivity contribution in [2.24, 2.45) is 0 Å². The zero-order valence-electron chi connectivity index (χ0n) is 12.7. The van der Waals surface area contributed by atoms with Crippen LogP contribution in [0, 0.1) is 0 Å². The minimum atomic E-state index is -3.47. The van der Waals surface area contributed by atoms with E-state index in [1.807, 2.05) is 6.07 Å². The molecule has 0 unspecified atom stereocenters. The number of nitrogens with zero attached hydrogens (tertiary/aromatic N) is 2. The van der Waals surface area contributed by atoms with Gasteiger partial charge in [-0.3, -0.25) is 4.72 Å². The van der Waals surface area contributed by atoms with E-state index in [0.29, 0.717) is 11.7 Å². The first-order valence-corrected chi connectivity index (χ1v) is 8.84. The Kier molecular flexibility index (Phi) is 5.41. The van der Waals surface area contributed by atoms with Crippen LogP contribution in [0.2, 0.25) is 0 Å². The molecule has 0 spiro atoms. The number of rotatable bonds is 5. The fourth-order valence-electron chi connectivity index (χ4n) is 2.41. The van der Waals surface area contributed by atoms with Crippen molar-refractivity contribution in [3.05, 3.63) is 18.3 Å². The molecule has 118 valence electrons. The highest BCUT2D eigenvalue weighted by Gasteiger charge is 2.14. The van der Waals surface area contributed by atoms with Gasteiger partial charge in [0.15, 0.2) is 0 Å². The van der Waals surface area contributed by atoms with Gasteiger partial charge in [-0.15, -0.1) is 0 Å². The molecule has 0 amide bonds. The monoisotopic (exact) mass is 312 g/mol. The molecular formula is C14H24N4O2S. The fourth-order valence-corrected chi connectivity index (χ4v) is 3.01. The molecule has 1 heterocycles. The van der Waals surface area contributed by atoms with Crippen LogP contribution in [0.25, 0.3) is 0 Å². The van der Waals surface area contributed by atoms with E-state index in [2.05, 4.69) is 15.0 Å². The summed E-state index contributed by atoms with van der Waals surface area (Å²) in [6.07, 6.45) is 9.05. The van der Waals surface area contributed by atoms with Crippen LogP contribution < -0.4 is 10.0 Å². The Bertz CT molecular complexity index is 535. The summed E-state index contributed by atoms with van der Waals surface area (Å²) in [5, 5.41) is 3.43. The summed E-state index contributed by atoms with van der Waals surface area (Å²) in [6.45, 7) is 0. The van der Waals surface area contributed by atoms with Crippen LogP contribution in [-0.2, 0) is 10.2 Å². The number of anilines is 2. The number of hydrogen-bond acceptors (Lipinski definition) is 4. The summed E-state index contributed by atoms with van der Waals surface area (Å²) in [5.74, 6) is 0.801. The molecule has 0 saturated heterocycles. The first kappa shape index (κ1) is 16.0. The molecule has 1 fully saturated rings. The number of pyridine rings is 1. The van der Waals surface area contributed by atoms with Gasteiger partial charge in [0, 0.05) is 20.1 Å². The second-order valence-electron chi connectivity index (χ2n) is 5.65. The molecule has 1 aliphatic rings. The molecule has 7 heteroatoms. The van der Waals surface area contributed by atoms with Crippen molar-refractivity contribution in [3.8, 4) is 0 Å². The van der Waals surface area contributed by atoms with Gasteiger partial charge < -0.3 is 5.32 Å². The molecule has 1 aromatic heterocycles. The zero-order chi connectivity index (χ0) is 15.3. The van der Waals surface area contributed by atoms with Crippen molar-refractivity contribution in [1.29, 1.82) is 0 Å². The first-order valence-electron chi connectivity index (χ1n) is 7.40. The minimum Gasteiger partial charge on any atom is -0.367 e. The van der Waals surface area contributed by atoms with Crippen LogP contribution in [-0.4, -0.2) is 37.8 Å². The first-order chi connectivity index (χ1) is 9.97. The number of aromatic nitrogens is 1. The maximum Gasteiger partial charge on any atom is 0.301 e. The molecule has 1 aromatic rings. The molecule has 1 saturated carbocycles. The van der Waals surface area contributed by atoms with Gasteiger partial charge in [0.2, 0.25) is 0 Å². The highest BCUT2D eigenvalue weighted by Crippen LogP contribution is 2.21. The minimum absolute atomic E-state index is 0.468. The van der Waals surface area contributed by atoms with Gasteiger partial charge in [-0.1, -0.05) is 25.7 Å². The van der Waals surface area contributed by atoms with Crippen molar-refractivity contribution < 1.29 is 8.42 Å². The van der Waals surface area contributed by atoms with Crippen LogP contribution in [0.5, 0.6) is 0 Å². The molecule has 0 radical (unpaired) electrons. The largest absolute Gasteiger partial charge is 0.367 e. The van der Waals surface area contributed by atoms with E-state index in [-0.39, 0.29) is 0 Å². The molecule has 6 nitrogen and oxygen atoms in total. The average Bonchev–Trinajstić information content (AvgIpc) is 2.69. The molecule has 1 aliphatic carbocycles. The third kappa shape index (κ3) is 4.86. The van der Waals surface area contributed by atoms with E-state index in [9.17, 15) is 8.42 Å². The summed E-state index contributed by atoms with van der Waals surface area (Å²) < 4.78 is 27.0. The summed E-state index contributed by atoms with van der Waals surface area (Å²) in [7, 11) is -0.505. The lowest BCUT2D eigenvalue weighted by Crippen LogP contribution is -2.29. The van der Waals surface area contributed by atoms with Gasteiger partial charge in [0.1, 0.15) is 5.82 Å². The van der Waals surface area contributed by atoms with Gasteiger partial charge in [0.05, 0.1) is 11.9 Å². The topological polar surface area (TPSA) is 74.3 Å². The summed E-state index contributed by atoms with van der Waals surface area (Å²) in [6, 6.07) is 4.02. The van der Waals surface area contributed by atoms with Crippen molar-refractivity contribution in [3.63, 3.8) is 0 Å². The molecule has 2 N–H and O–H groups in total. The van der Waals surface area contributed by atoms with Gasteiger partial charge >= 0.3 is 10.2 Å². The van der Waals surface area contributed by atoms with Crippen molar-refractivity contribution in [2.75, 3.05) is 24.1 Å². The Hall–Kier alpha value is -1.34. The highest BCUT2D eigenvalue weighted by atomic mass is 32.2. The zero-order valence-corrected chi connectivity index (χ0v) is 13.5. The number of hydrogen-bond donors (Lipinski definition) is 2. The van der Waals surface area contributed by atoms with Gasteiger partial charge in [0.25, 0.3) is 0 Å². The Balaban J connectivity index is 1.95. The van der Waals surface area contributed by atoms with E-state index in [1.54, 1.807) is 12.3 Å². The van der Waals surface area contributed by atoms with Crippen LogP contribution in [0.4, 0.5) is 11.5 Å². The Labute approximate surface area is 127 Å². The molecule has 0 aliphatic heterocycles. The van der Waals surface area contributed by atoms with E-state index in [4.69, 9.17) is 0 Å².